The summed E-state index contributed by atoms with van der Waals surface area (Å²) in [5.41, 5.74) is 5.26. The van der Waals surface area contributed by atoms with E-state index in [1.54, 1.807) is 0 Å². The van der Waals surface area contributed by atoms with Crippen molar-refractivity contribution in [3.63, 3.8) is 0 Å². The van der Waals surface area contributed by atoms with Gasteiger partial charge in [-0.3, -0.25) is 4.79 Å². The van der Waals surface area contributed by atoms with E-state index in [0.717, 1.165) is 16.4 Å². The van der Waals surface area contributed by atoms with E-state index in [0.29, 0.717) is 6.42 Å². The summed E-state index contributed by atoms with van der Waals surface area (Å²) in [6.07, 6.45) is -4.33. The van der Waals surface area contributed by atoms with Gasteiger partial charge in [0.2, 0.25) is 15.9 Å². The second-order valence-electron chi connectivity index (χ2n) is 5.58. The topological polar surface area (TPSA) is 89.7 Å². The first-order valence-corrected chi connectivity index (χ1v) is 8.21. The lowest BCUT2D eigenvalue weighted by Crippen LogP contribution is -2.46. The first kappa shape index (κ1) is 16.1. The molecule has 2 aliphatic rings. The zero-order valence-electron chi connectivity index (χ0n) is 11.7. The van der Waals surface area contributed by atoms with Gasteiger partial charge in [-0.05, 0) is 30.4 Å². The van der Waals surface area contributed by atoms with Crippen LogP contribution in [0.3, 0.4) is 0 Å². The summed E-state index contributed by atoms with van der Waals surface area (Å²) >= 11 is 0. The third-order valence-corrected chi connectivity index (χ3v) is 5.95. The Balaban J connectivity index is 1.99. The van der Waals surface area contributed by atoms with Gasteiger partial charge in [-0.2, -0.15) is 4.31 Å². The average molecular weight is 350 g/mol. The van der Waals surface area contributed by atoms with Gasteiger partial charge in [0.05, 0.1) is 0 Å². The van der Waals surface area contributed by atoms with E-state index in [9.17, 15) is 26.4 Å². The Morgan fingerprint density at radius 2 is 1.96 bits per heavy atom. The van der Waals surface area contributed by atoms with E-state index >= 15 is 0 Å². The van der Waals surface area contributed by atoms with E-state index in [1.807, 2.05) is 0 Å². The molecule has 1 aliphatic heterocycles. The number of ether oxygens (including phenoxy) is 1. The highest BCUT2D eigenvalue weighted by Gasteiger charge is 2.58. The summed E-state index contributed by atoms with van der Waals surface area (Å²) in [5, 5.41) is 0. The van der Waals surface area contributed by atoms with Crippen molar-refractivity contribution >= 4 is 15.9 Å². The number of amides is 1. The summed E-state index contributed by atoms with van der Waals surface area (Å²) in [4.78, 5) is 10.9. The predicted molar refractivity (Wildman–Crippen MR) is 71.6 cm³/mol. The third-order valence-electron chi connectivity index (χ3n) is 4.06. The number of hydrogen-bond acceptors (Lipinski definition) is 4. The van der Waals surface area contributed by atoms with E-state index < -0.39 is 39.0 Å². The van der Waals surface area contributed by atoms with Crippen LogP contribution in [0.1, 0.15) is 6.42 Å². The molecule has 2 fully saturated rings. The molecule has 0 spiro atoms. The lowest BCUT2D eigenvalue weighted by Gasteiger charge is -2.25. The Morgan fingerprint density at radius 1 is 1.30 bits per heavy atom. The quantitative estimate of drug-likeness (QED) is 0.880. The van der Waals surface area contributed by atoms with Crippen LogP contribution in [0, 0.1) is 11.8 Å². The predicted octanol–water partition coefficient (Wildman–Crippen LogP) is 1.08. The molecule has 6 nitrogen and oxygen atoms in total. The van der Waals surface area contributed by atoms with Gasteiger partial charge in [0, 0.05) is 6.54 Å². The molecule has 1 aliphatic carbocycles. The SMILES string of the molecule is NC(=O)[C@@H]1[C@@H]2C[C@@H]2CN1S(=O)(=O)c1ccccc1OC(F)(F)F. The van der Waals surface area contributed by atoms with Crippen LogP contribution in [0.15, 0.2) is 29.2 Å². The van der Waals surface area contributed by atoms with E-state index in [-0.39, 0.29) is 18.4 Å². The van der Waals surface area contributed by atoms with Crippen molar-refractivity contribution in [3.8, 4) is 5.75 Å². The number of nitrogens with two attached hydrogens (primary N) is 1. The van der Waals surface area contributed by atoms with Gasteiger partial charge in [0.25, 0.3) is 0 Å². The number of para-hydroxylation sites is 1. The first-order chi connectivity index (χ1) is 10.6. The molecule has 0 radical (unpaired) electrons. The lowest BCUT2D eigenvalue weighted by molar-refractivity contribution is -0.275. The van der Waals surface area contributed by atoms with Gasteiger partial charge in [0.1, 0.15) is 16.7 Å². The van der Waals surface area contributed by atoms with Gasteiger partial charge >= 0.3 is 6.36 Å². The fourth-order valence-electron chi connectivity index (χ4n) is 3.03. The molecular weight excluding hydrogens is 337 g/mol. The van der Waals surface area contributed by atoms with Crippen LogP contribution in [-0.2, 0) is 14.8 Å². The maximum atomic E-state index is 12.7. The highest BCUT2D eigenvalue weighted by molar-refractivity contribution is 7.89. The molecule has 2 N–H and O–H groups in total. The highest BCUT2D eigenvalue weighted by atomic mass is 32.2. The van der Waals surface area contributed by atoms with Crippen LogP contribution >= 0.6 is 0 Å². The Labute approximate surface area is 130 Å². The zero-order valence-corrected chi connectivity index (χ0v) is 12.5. The molecular formula is C13H13F3N2O4S. The number of rotatable bonds is 4. The van der Waals surface area contributed by atoms with Gasteiger partial charge in [-0.25, -0.2) is 8.42 Å². The minimum Gasteiger partial charge on any atom is -0.404 e. The fraction of sp³-hybridized carbons (Fsp3) is 0.462. The molecule has 3 atom stereocenters. The van der Waals surface area contributed by atoms with E-state index in [2.05, 4.69) is 4.74 Å². The van der Waals surface area contributed by atoms with Crippen molar-refractivity contribution in [1.82, 2.24) is 4.31 Å². The molecule has 0 bridgehead atoms. The number of piperidine rings is 1. The number of halogens is 3. The number of benzene rings is 1. The zero-order chi connectivity index (χ0) is 17.0. The summed E-state index contributed by atoms with van der Waals surface area (Å²) in [5.74, 6) is -1.76. The van der Waals surface area contributed by atoms with Gasteiger partial charge in [-0.15, -0.1) is 13.2 Å². The lowest BCUT2D eigenvalue weighted by atomic mass is 10.2. The normalized spacial score (nSPS) is 27.5. The fourth-order valence-corrected chi connectivity index (χ4v) is 4.84. The highest BCUT2D eigenvalue weighted by Crippen LogP contribution is 2.51. The van der Waals surface area contributed by atoms with Crippen molar-refractivity contribution in [3.05, 3.63) is 24.3 Å². The monoisotopic (exact) mass is 350 g/mol. The summed E-state index contributed by atoms with van der Waals surface area (Å²) in [6, 6.07) is 3.41. The number of carbonyl (C=O) groups excluding carboxylic acids is 1. The Morgan fingerprint density at radius 3 is 2.57 bits per heavy atom. The Hall–Kier alpha value is -1.81. The molecule has 3 rings (SSSR count). The maximum absolute atomic E-state index is 12.7. The number of hydrogen-bond donors (Lipinski definition) is 1. The number of sulfonamides is 1. The molecule has 10 heteroatoms. The largest absolute Gasteiger partial charge is 0.573 e. The standard InChI is InChI=1S/C13H13F3N2O4S/c14-13(15,16)22-9-3-1-2-4-10(9)23(20,21)18-6-7-5-8(7)11(18)12(17)19/h1-4,7-8,11H,5-6H2,(H2,17,19)/t7-,8-,11+/m1/s1. The summed E-state index contributed by atoms with van der Waals surface area (Å²) in [7, 11) is -4.33. The molecule has 23 heavy (non-hydrogen) atoms. The number of carbonyl (C=O) groups is 1. The minimum absolute atomic E-state index is 0.0259. The van der Waals surface area contributed by atoms with Crippen molar-refractivity contribution < 1.29 is 31.1 Å². The van der Waals surface area contributed by atoms with Crippen molar-refractivity contribution in [2.75, 3.05) is 6.54 Å². The van der Waals surface area contributed by atoms with Gasteiger partial charge in [0.15, 0.2) is 0 Å². The van der Waals surface area contributed by atoms with Gasteiger partial charge < -0.3 is 10.5 Å². The number of primary amides is 1. The molecule has 1 aromatic rings. The minimum atomic E-state index is -5.03. The van der Waals surface area contributed by atoms with Crippen LogP contribution < -0.4 is 10.5 Å². The molecule has 0 aromatic heterocycles. The molecule has 0 unspecified atom stereocenters. The van der Waals surface area contributed by atoms with Crippen molar-refractivity contribution in [1.29, 1.82) is 0 Å². The average Bonchev–Trinajstić information content (AvgIpc) is 3.07. The van der Waals surface area contributed by atoms with Crippen LogP contribution in [0.2, 0.25) is 0 Å². The molecule has 1 saturated carbocycles. The van der Waals surface area contributed by atoms with Crippen LogP contribution in [0.5, 0.6) is 5.75 Å². The Bertz CT molecular complexity index is 750. The van der Waals surface area contributed by atoms with E-state index in [1.165, 1.54) is 12.1 Å². The molecule has 1 aromatic carbocycles. The third kappa shape index (κ3) is 2.88. The molecule has 1 saturated heterocycles. The molecule has 1 heterocycles. The van der Waals surface area contributed by atoms with E-state index in [4.69, 9.17) is 5.73 Å². The summed E-state index contributed by atoms with van der Waals surface area (Å²) in [6.45, 7) is 0.0704. The second-order valence-corrected chi connectivity index (χ2v) is 7.44. The Kier molecular flexibility index (Phi) is 3.56. The number of fused-ring (bicyclic) bond motifs is 1. The number of nitrogens with zero attached hydrogens (tertiary/aromatic N) is 1. The summed E-state index contributed by atoms with van der Waals surface area (Å²) < 4.78 is 67.4. The van der Waals surface area contributed by atoms with Crippen LogP contribution in [-0.4, -0.2) is 37.6 Å². The second kappa shape index (κ2) is 5.10. The maximum Gasteiger partial charge on any atom is 0.573 e. The van der Waals surface area contributed by atoms with Crippen molar-refractivity contribution in [2.24, 2.45) is 17.6 Å². The van der Waals surface area contributed by atoms with Crippen molar-refractivity contribution in [2.45, 2.75) is 23.7 Å². The smallest absolute Gasteiger partial charge is 0.404 e. The number of alkyl halides is 3. The first-order valence-electron chi connectivity index (χ1n) is 6.77. The molecule has 1 amide bonds. The van der Waals surface area contributed by atoms with Crippen LogP contribution in [0.4, 0.5) is 13.2 Å². The molecule has 126 valence electrons. The van der Waals surface area contributed by atoms with Gasteiger partial charge in [-0.1, -0.05) is 12.1 Å². The van der Waals surface area contributed by atoms with Crippen LogP contribution in [0.25, 0.3) is 0 Å².